The Morgan fingerprint density at radius 2 is 2.22 bits per heavy atom. The highest BCUT2D eigenvalue weighted by Gasteiger charge is 2.43. The van der Waals surface area contributed by atoms with Crippen molar-refractivity contribution in [2.75, 3.05) is 6.61 Å². The molecular formula is C9H14N4O5. The molecule has 1 aliphatic rings. The van der Waals surface area contributed by atoms with Crippen molar-refractivity contribution in [3.8, 4) is 0 Å². The van der Waals surface area contributed by atoms with Crippen molar-refractivity contribution >= 4 is 5.84 Å². The van der Waals surface area contributed by atoms with Crippen molar-refractivity contribution in [1.29, 1.82) is 0 Å². The summed E-state index contributed by atoms with van der Waals surface area (Å²) in [6.45, 7) is -0.414. The summed E-state index contributed by atoms with van der Waals surface area (Å²) in [5.74, 6) is -0.131. The molecule has 0 spiro atoms. The zero-order valence-corrected chi connectivity index (χ0v) is 9.29. The van der Waals surface area contributed by atoms with E-state index in [1.54, 1.807) is 0 Å². The predicted octanol–water partition coefficient (Wildman–Crippen LogP) is -2.41. The third kappa shape index (κ3) is 2.04. The van der Waals surface area contributed by atoms with E-state index in [-0.39, 0.29) is 5.84 Å². The zero-order chi connectivity index (χ0) is 13.3. The zero-order valence-electron chi connectivity index (χ0n) is 9.29. The molecular weight excluding hydrogens is 244 g/mol. The molecule has 18 heavy (non-hydrogen) atoms. The van der Waals surface area contributed by atoms with Gasteiger partial charge in [0.2, 0.25) is 0 Å². The number of aromatic nitrogens is 2. The monoisotopic (exact) mass is 258 g/mol. The molecule has 4 atom stereocenters. The molecule has 0 unspecified atom stereocenters. The highest BCUT2D eigenvalue weighted by Crippen LogP contribution is 2.28. The molecule has 0 radical (unpaired) electrons. The predicted molar refractivity (Wildman–Crippen MR) is 57.7 cm³/mol. The minimum absolute atomic E-state index is 0.131. The minimum atomic E-state index is -1.22. The fourth-order valence-electron chi connectivity index (χ4n) is 1.77. The molecule has 0 bridgehead atoms. The Labute approximate surface area is 102 Å². The second kappa shape index (κ2) is 4.90. The molecule has 1 saturated heterocycles. The summed E-state index contributed by atoms with van der Waals surface area (Å²) >= 11 is 0. The molecule has 0 amide bonds. The summed E-state index contributed by atoms with van der Waals surface area (Å²) in [4.78, 5) is 0. The number of hydrogen-bond donors (Lipinski definition) is 5. The van der Waals surface area contributed by atoms with Crippen LogP contribution in [-0.4, -0.2) is 61.1 Å². The first-order valence-corrected chi connectivity index (χ1v) is 5.23. The van der Waals surface area contributed by atoms with Gasteiger partial charge in [-0.3, -0.25) is 0 Å². The van der Waals surface area contributed by atoms with Crippen LogP contribution in [0.15, 0.2) is 17.5 Å². The number of aliphatic hydroxyl groups is 3. The highest BCUT2D eigenvalue weighted by molar-refractivity contribution is 5.96. The van der Waals surface area contributed by atoms with Crippen LogP contribution in [0.4, 0.5) is 0 Å². The molecule has 2 heterocycles. The van der Waals surface area contributed by atoms with Gasteiger partial charge in [0.1, 0.15) is 18.3 Å². The topological polar surface area (TPSA) is 146 Å². The van der Waals surface area contributed by atoms with Crippen molar-refractivity contribution in [1.82, 2.24) is 9.78 Å². The number of amidine groups is 1. The maximum absolute atomic E-state index is 9.76. The lowest BCUT2D eigenvalue weighted by atomic mass is 10.1. The van der Waals surface area contributed by atoms with E-state index < -0.39 is 31.1 Å². The van der Waals surface area contributed by atoms with E-state index in [0.29, 0.717) is 5.56 Å². The van der Waals surface area contributed by atoms with Crippen LogP contribution in [0.1, 0.15) is 11.8 Å². The van der Waals surface area contributed by atoms with Crippen LogP contribution in [0.2, 0.25) is 0 Å². The van der Waals surface area contributed by atoms with Crippen molar-refractivity contribution in [2.45, 2.75) is 24.5 Å². The lowest BCUT2D eigenvalue weighted by molar-refractivity contribution is -0.0586. The van der Waals surface area contributed by atoms with Gasteiger partial charge in [0.15, 0.2) is 12.1 Å². The Morgan fingerprint density at radius 1 is 1.50 bits per heavy atom. The summed E-state index contributed by atoms with van der Waals surface area (Å²) in [5.41, 5.74) is 5.72. The molecule has 1 aromatic heterocycles. The van der Waals surface area contributed by atoms with Gasteiger partial charge < -0.3 is 31.0 Å². The Hall–Kier alpha value is -1.68. The van der Waals surface area contributed by atoms with Gasteiger partial charge in [-0.05, 0) is 0 Å². The van der Waals surface area contributed by atoms with E-state index in [1.165, 1.54) is 17.1 Å². The van der Waals surface area contributed by atoms with Crippen molar-refractivity contribution in [2.24, 2.45) is 10.9 Å². The molecule has 0 aliphatic carbocycles. The molecule has 0 saturated carbocycles. The average Bonchev–Trinajstić information content (AvgIpc) is 2.96. The molecule has 2 rings (SSSR count). The molecule has 100 valence electrons. The number of nitrogens with zero attached hydrogens (tertiary/aromatic N) is 3. The summed E-state index contributed by atoms with van der Waals surface area (Å²) in [6, 6.07) is 0. The van der Waals surface area contributed by atoms with Gasteiger partial charge in [-0.15, -0.1) is 0 Å². The first-order valence-electron chi connectivity index (χ1n) is 5.23. The van der Waals surface area contributed by atoms with Crippen LogP contribution in [0.25, 0.3) is 0 Å². The van der Waals surface area contributed by atoms with Crippen LogP contribution in [-0.2, 0) is 4.74 Å². The van der Waals surface area contributed by atoms with Gasteiger partial charge in [-0.25, -0.2) is 4.68 Å². The van der Waals surface area contributed by atoms with Gasteiger partial charge in [0.05, 0.1) is 18.4 Å². The third-order valence-electron chi connectivity index (χ3n) is 2.78. The van der Waals surface area contributed by atoms with Crippen LogP contribution in [0.5, 0.6) is 0 Å². The summed E-state index contributed by atoms with van der Waals surface area (Å²) in [7, 11) is 0. The molecule has 9 nitrogen and oxygen atoms in total. The fraction of sp³-hybridized carbons (Fsp3) is 0.556. The summed E-state index contributed by atoms with van der Waals surface area (Å²) < 4.78 is 6.49. The first-order chi connectivity index (χ1) is 8.58. The quantitative estimate of drug-likeness (QED) is 0.175. The van der Waals surface area contributed by atoms with Crippen LogP contribution in [0, 0.1) is 0 Å². The average molecular weight is 258 g/mol. The number of hydrogen-bond acceptors (Lipinski definition) is 7. The number of aliphatic hydroxyl groups excluding tert-OH is 3. The number of oxime groups is 1. The van der Waals surface area contributed by atoms with Crippen molar-refractivity contribution < 1.29 is 25.3 Å². The van der Waals surface area contributed by atoms with Gasteiger partial charge in [0.25, 0.3) is 0 Å². The van der Waals surface area contributed by atoms with E-state index in [1.807, 2.05) is 0 Å². The molecule has 1 fully saturated rings. The fourth-order valence-corrected chi connectivity index (χ4v) is 1.77. The SMILES string of the molecule is N/C(=N\O)c1cnn([C@@H]2O[C@H](CO)[C@@H](O)[C@H]2O)c1. The molecule has 6 N–H and O–H groups in total. The Kier molecular flexibility index (Phi) is 3.48. The lowest BCUT2D eigenvalue weighted by Crippen LogP contribution is -2.33. The Bertz CT molecular complexity index is 448. The van der Waals surface area contributed by atoms with Crippen LogP contribution in [0.3, 0.4) is 0 Å². The number of ether oxygens (including phenoxy) is 1. The second-order valence-electron chi connectivity index (χ2n) is 3.92. The van der Waals surface area contributed by atoms with Gasteiger partial charge in [0, 0.05) is 6.20 Å². The third-order valence-corrected chi connectivity index (χ3v) is 2.78. The van der Waals surface area contributed by atoms with Gasteiger partial charge >= 0.3 is 0 Å². The van der Waals surface area contributed by atoms with E-state index in [0.717, 1.165) is 0 Å². The van der Waals surface area contributed by atoms with E-state index in [4.69, 9.17) is 20.8 Å². The molecule has 1 aromatic rings. The van der Waals surface area contributed by atoms with Crippen LogP contribution < -0.4 is 5.73 Å². The Balaban J connectivity index is 2.20. The van der Waals surface area contributed by atoms with Gasteiger partial charge in [-0.1, -0.05) is 5.16 Å². The molecule has 0 aromatic carbocycles. The van der Waals surface area contributed by atoms with Crippen molar-refractivity contribution in [3.63, 3.8) is 0 Å². The molecule has 9 heteroatoms. The van der Waals surface area contributed by atoms with Gasteiger partial charge in [-0.2, -0.15) is 5.10 Å². The van der Waals surface area contributed by atoms with Crippen LogP contribution >= 0.6 is 0 Å². The van der Waals surface area contributed by atoms with Crippen molar-refractivity contribution in [3.05, 3.63) is 18.0 Å². The standard InChI is InChI=1S/C9H14N4O5/c10-8(12-17)4-1-11-13(2-4)9-7(16)6(15)5(3-14)18-9/h1-2,5-7,9,14-17H,3H2,(H2,10,12)/t5-,6-,7-,9-/m1/s1. The summed E-state index contributed by atoms with van der Waals surface area (Å²) in [5, 5.41) is 43.5. The Morgan fingerprint density at radius 3 is 2.78 bits per heavy atom. The maximum atomic E-state index is 9.76. The number of nitrogens with two attached hydrogens (primary N) is 1. The smallest absolute Gasteiger partial charge is 0.179 e. The minimum Gasteiger partial charge on any atom is -0.409 e. The van der Waals surface area contributed by atoms with E-state index >= 15 is 0 Å². The summed E-state index contributed by atoms with van der Waals surface area (Å²) in [6.07, 6.45) is -1.50. The van der Waals surface area contributed by atoms with E-state index in [9.17, 15) is 10.2 Å². The van der Waals surface area contributed by atoms with E-state index in [2.05, 4.69) is 10.3 Å². The maximum Gasteiger partial charge on any atom is 0.179 e. The normalized spacial score (nSPS) is 32.9. The molecule has 1 aliphatic heterocycles. The first kappa shape index (κ1) is 12.8. The second-order valence-corrected chi connectivity index (χ2v) is 3.92. The number of rotatable bonds is 3. The largest absolute Gasteiger partial charge is 0.409 e. The highest BCUT2D eigenvalue weighted by atomic mass is 16.6. The lowest BCUT2D eigenvalue weighted by Gasteiger charge is -2.14.